The summed E-state index contributed by atoms with van der Waals surface area (Å²) in [4.78, 5) is 17.7. The second-order valence-electron chi connectivity index (χ2n) is 6.17. The number of pyridine rings is 1. The molecule has 0 amide bonds. The lowest BCUT2D eigenvalue weighted by atomic mass is 10.2. The molecule has 0 aliphatic carbocycles. The third kappa shape index (κ3) is 4.14. The number of rotatable bonds is 5. The van der Waals surface area contributed by atoms with Crippen LogP contribution in [0.5, 0.6) is 0 Å². The maximum absolute atomic E-state index is 4.49. The van der Waals surface area contributed by atoms with Crippen molar-refractivity contribution in [3.05, 3.63) is 72.8 Å². The number of piperazine rings is 1. The number of benzene rings is 1. The Bertz CT molecular complexity index is 820. The van der Waals surface area contributed by atoms with E-state index in [0.29, 0.717) is 0 Å². The first-order chi connectivity index (χ1) is 12.9. The first-order valence-electron chi connectivity index (χ1n) is 8.77. The third-order valence-electron chi connectivity index (χ3n) is 4.49. The van der Waals surface area contributed by atoms with E-state index in [1.54, 1.807) is 18.1 Å². The van der Waals surface area contributed by atoms with Gasteiger partial charge >= 0.3 is 0 Å². The minimum atomic E-state index is 0.890. The van der Waals surface area contributed by atoms with E-state index in [9.17, 15) is 0 Å². The fourth-order valence-corrected chi connectivity index (χ4v) is 3.87. The molecule has 1 fully saturated rings. The first-order valence-corrected chi connectivity index (χ1v) is 9.76. The topological polar surface area (TPSA) is 45.2 Å². The Kier molecular flexibility index (Phi) is 5.30. The summed E-state index contributed by atoms with van der Waals surface area (Å²) in [7, 11) is 0. The van der Waals surface area contributed by atoms with Crippen molar-refractivity contribution in [2.24, 2.45) is 0 Å². The number of thioether (sulfide) groups is 1. The van der Waals surface area contributed by atoms with E-state index in [0.717, 1.165) is 42.8 Å². The van der Waals surface area contributed by atoms with Gasteiger partial charge in [-0.25, -0.2) is 9.97 Å². The molecule has 6 heteroatoms. The molecule has 0 bridgehead atoms. The molecule has 26 heavy (non-hydrogen) atoms. The van der Waals surface area contributed by atoms with Crippen molar-refractivity contribution < 1.29 is 0 Å². The number of anilines is 2. The highest BCUT2D eigenvalue weighted by Crippen LogP contribution is 2.24. The van der Waals surface area contributed by atoms with Crippen LogP contribution in [0.25, 0.3) is 0 Å². The van der Waals surface area contributed by atoms with Gasteiger partial charge in [-0.05, 0) is 29.8 Å². The van der Waals surface area contributed by atoms with Gasteiger partial charge in [0.1, 0.15) is 17.2 Å². The zero-order valence-corrected chi connectivity index (χ0v) is 15.3. The van der Waals surface area contributed by atoms with Crippen LogP contribution in [-0.2, 0) is 5.75 Å². The highest BCUT2D eigenvalue weighted by molar-refractivity contribution is 7.98. The summed E-state index contributed by atoms with van der Waals surface area (Å²) in [5.41, 5.74) is 2.55. The molecule has 132 valence electrons. The molecule has 3 aromatic rings. The summed E-state index contributed by atoms with van der Waals surface area (Å²) in [6.45, 7) is 3.96. The predicted octanol–water partition coefficient (Wildman–Crippen LogP) is 3.49. The summed E-state index contributed by atoms with van der Waals surface area (Å²) in [6.07, 6.45) is 5.33. The molecule has 0 spiro atoms. The number of hydrogen-bond donors (Lipinski definition) is 0. The second-order valence-corrected chi connectivity index (χ2v) is 7.16. The van der Waals surface area contributed by atoms with Crippen LogP contribution in [0, 0.1) is 0 Å². The monoisotopic (exact) mass is 363 g/mol. The lowest BCUT2D eigenvalue weighted by Gasteiger charge is -2.36. The van der Waals surface area contributed by atoms with Crippen LogP contribution in [-0.4, -0.2) is 41.1 Å². The Morgan fingerprint density at radius 3 is 2.35 bits per heavy atom. The van der Waals surface area contributed by atoms with Gasteiger partial charge in [-0.2, -0.15) is 0 Å². The number of hydrogen-bond acceptors (Lipinski definition) is 6. The van der Waals surface area contributed by atoms with Crippen LogP contribution in [0.2, 0.25) is 0 Å². The minimum absolute atomic E-state index is 0.890. The van der Waals surface area contributed by atoms with E-state index in [2.05, 4.69) is 61.1 Å². The molecule has 0 unspecified atom stereocenters. The highest BCUT2D eigenvalue weighted by atomic mass is 32.2. The standard InChI is InChI=1S/C20H21N5S/c1-2-4-18(5-3-1)24-10-12-25(13-11-24)19-14-20(23-16-22-19)26-15-17-6-8-21-9-7-17/h1-9,14,16H,10-13,15H2. The van der Waals surface area contributed by atoms with Crippen molar-refractivity contribution >= 4 is 23.3 Å². The van der Waals surface area contributed by atoms with E-state index >= 15 is 0 Å². The van der Waals surface area contributed by atoms with E-state index in [4.69, 9.17) is 0 Å². The van der Waals surface area contributed by atoms with Gasteiger partial charge in [0.15, 0.2) is 0 Å². The fourth-order valence-electron chi connectivity index (χ4n) is 3.05. The zero-order chi connectivity index (χ0) is 17.6. The molecule has 1 saturated heterocycles. The maximum Gasteiger partial charge on any atom is 0.133 e. The van der Waals surface area contributed by atoms with Crippen LogP contribution < -0.4 is 9.80 Å². The molecule has 0 radical (unpaired) electrons. The van der Waals surface area contributed by atoms with Gasteiger partial charge < -0.3 is 9.80 Å². The smallest absolute Gasteiger partial charge is 0.133 e. The van der Waals surface area contributed by atoms with E-state index < -0.39 is 0 Å². The van der Waals surface area contributed by atoms with Gasteiger partial charge in [-0.1, -0.05) is 18.2 Å². The fraction of sp³-hybridized carbons (Fsp3) is 0.250. The largest absolute Gasteiger partial charge is 0.368 e. The Hall–Kier alpha value is -2.60. The quantitative estimate of drug-likeness (QED) is 0.511. The minimum Gasteiger partial charge on any atom is -0.368 e. The van der Waals surface area contributed by atoms with Gasteiger partial charge in [0.2, 0.25) is 0 Å². The molecule has 1 aromatic carbocycles. The maximum atomic E-state index is 4.49. The van der Waals surface area contributed by atoms with Crippen molar-refractivity contribution in [1.82, 2.24) is 15.0 Å². The van der Waals surface area contributed by atoms with E-state index in [-0.39, 0.29) is 0 Å². The van der Waals surface area contributed by atoms with Crippen LogP contribution in [0.15, 0.2) is 72.3 Å². The van der Waals surface area contributed by atoms with Gasteiger partial charge in [-0.15, -0.1) is 11.8 Å². The Morgan fingerprint density at radius 1 is 0.846 bits per heavy atom. The number of para-hydroxylation sites is 1. The normalized spacial score (nSPS) is 14.5. The summed E-state index contributed by atoms with van der Waals surface area (Å²) in [5.74, 6) is 1.91. The van der Waals surface area contributed by atoms with Crippen molar-refractivity contribution in [2.45, 2.75) is 10.8 Å². The lowest BCUT2D eigenvalue weighted by molar-refractivity contribution is 0.645. The van der Waals surface area contributed by atoms with Crippen molar-refractivity contribution in [3.8, 4) is 0 Å². The molecule has 0 atom stereocenters. The average Bonchev–Trinajstić information content (AvgIpc) is 2.74. The molecular formula is C20H21N5S. The van der Waals surface area contributed by atoms with Crippen LogP contribution in [0.3, 0.4) is 0 Å². The van der Waals surface area contributed by atoms with Gasteiger partial charge in [0.25, 0.3) is 0 Å². The molecule has 4 rings (SSSR count). The molecule has 3 heterocycles. The number of nitrogens with zero attached hydrogens (tertiary/aromatic N) is 5. The Labute approximate surface area is 158 Å². The summed E-state index contributed by atoms with van der Waals surface area (Å²) in [6, 6.07) is 16.8. The van der Waals surface area contributed by atoms with Crippen LogP contribution >= 0.6 is 11.8 Å². The summed E-state index contributed by atoms with van der Waals surface area (Å²) < 4.78 is 0. The van der Waals surface area contributed by atoms with Crippen LogP contribution in [0.1, 0.15) is 5.56 Å². The molecule has 5 nitrogen and oxygen atoms in total. The number of aromatic nitrogens is 3. The Balaban J connectivity index is 1.36. The van der Waals surface area contributed by atoms with Crippen molar-refractivity contribution in [3.63, 3.8) is 0 Å². The zero-order valence-electron chi connectivity index (χ0n) is 14.5. The van der Waals surface area contributed by atoms with Gasteiger partial charge in [-0.3, -0.25) is 4.98 Å². The van der Waals surface area contributed by atoms with Gasteiger partial charge in [0, 0.05) is 56.1 Å². The van der Waals surface area contributed by atoms with E-state index in [1.165, 1.54) is 11.3 Å². The molecule has 1 aliphatic rings. The second kappa shape index (κ2) is 8.19. The summed E-state index contributed by atoms with van der Waals surface area (Å²) >= 11 is 1.73. The third-order valence-corrected chi connectivity index (χ3v) is 5.49. The lowest BCUT2D eigenvalue weighted by Crippen LogP contribution is -2.46. The molecular weight excluding hydrogens is 342 g/mol. The van der Waals surface area contributed by atoms with Crippen molar-refractivity contribution in [1.29, 1.82) is 0 Å². The predicted molar refractivity (Wildman–Crippen MR) is 107 cm³/mol. The highest BCUT2D eigenvalue weighted by Gasteiger charge is 2.18. The molecule has 0 N–H and O–H groups in total. The Morgan fingerprint density at radius 2 is 1.58 bits per heavy atom. The SMILES string of the molecule is c1ccc(N2CCN(c3cc(SCc4ccncc4)ncn3)CC2)cc1. The molecule has 1 aliphatic heterocycles. The van der Waals surface area contributed by atoms with Crippen LogP contribution in [0.4, 0.5) is 11.5 Å². The van der Waals surface area contributed by atoms with E-state index in [1.807, 2.05) is 24.5 Å². The molecule has 2 aromatic heterocycles. The van der Waals surface area contributed by atoms with Gasteiger partial charge in [0.05, 0.1) is 0 Å². The average molecular weight is 363 g/mol. The van der Waals surface area contributed by atoms with Crippen molar-refractivity contribution in [2.75, 3.05) is 36.0 Å². The first kappa shape index (κ1) is 16.8. The summed E-state index contributed by atoms with van der Waals surface area (Å²) in [5, 5.41) is 1.01. The molecule has 0 saturated carbocycles.